The molecule has 0 aromatic heterocycles. The molecule has 0 aliphatic heterocycles. The second kappa shape index (κ2) is 12.5. The first-order valence-corrected chi connectivity index (χ1v) is 12.2. The number of carbonyl (C=O) groups is 1. The summed E-state index contributed by atoms with van der Waals surface area (Å²) < 4.78 is 5.89. The lowest BCUT2D eigenvalue weighted by Gasteiger charge is -2.35. The van der Waals surface area contributed by atoms with Gasteiger partial charge < -0.3 is 4.74 Å². The Hall–Kier alpha value is -1.04. The van der Waals surface area contributed by atoms with Crippen molar-refractivity contribution in [1.82, 2.24) is 0 Å². The maximum Gasteiger partial charge on any atom is 0.309 e. The Labute approximate surface area is 173 Å². The number of carbonyl (C=O) groups excluding carboxylic acids is 1. The lowest BCUT2D eigenvalue weighted by atomic mass is 9.71. The van der Waals surface area contributed by atoms with Gasteiger partial charge in [0, 0.05) is 0 Å². The van der Waals surface area contributed by atoms with E-state index in [9.17, 15) is 10.1 Å². The van der Waals surface area contributed by atoms with E-state index in [4.69, 9.17) is 4.74 Å². The van der Waals surface area contributed by atoms with Crippen molar-refractivity contribution >= 4 is 5.97 Å². The van der Waals surface area contributed by atoms with Gasteiger partial charge in [0.15, 0.2) is 0 Å². The molecule has 0 aromatic carbocycles. The second-order valence-electron chi connectivity index (χ2n) is 9.55. The van der Waals surface area contributed by atoms with Gasteiger partial charge >= 0.3 is 5.97 Å². The van der Waals surface area contributed by atoms with Crippen LogP contribution >= 0.6 is 0 Å². The third-order valence-corrected chi connectivity index (χ3v) is 7.31. The normalized spacial score (nSPS) is 30.5. The monoisotopic (exact) mass is 389 g/mol. The van der Waals surface area contributed by atoms with Crippen LogP contribution in [0.15, 0.2) is 0 Å². The van der Waals surface area contributed by atoms with Crippen LogP contribution < -0.4 is 0 Å². The molecule has 2 aliphatic rings. The largest absolute Gasteiger partial charge is 0.462 e. The molecule has 2 saturated carbocycles. The molecular weight excluding hydrogens is 346 g/mol. The van der Waals surface area contributed by atoms with Gasteiger partial charge in [-0.1, -0.05) is 65.2 Å². The van der Waals surface area contributed by atoms with Gasteiger partial charge in [0.2, 0.25) is 0 Å². The molecule has 28 heavy (non-hydrogen) atoms. The highest BCUT2D eigenvalue weighted by Gasteiger charge is 2.37. The molecule has 0 amide bonds. The van der Waals surface area contributed by atoms with Crippen LogP contribution in [0.1, 0.15) is 123 Å². The number of rotatable bonds is 11. The summed E-state index contributed by atoms with van der Waals surface area (Å²) in [6.07, 6.45) is 19.4. The minimum Gasteiger partial charge on any atom is -0.462 e. The van der Waals surface area contributed by atoms with Crippen LogP contribution in [0.5, 0.6) is 0 Å². The number of hydrogen-bond donors (Lipinski definition) is 0. The summed E-state index contributed by atoms with van der Waals surface area (Å²) in [6.45, 7) is 4.44. The number of unbranched alkanes of at least 4 members (excludes halogenated alkanes) is 5. The molecule has 0 spiro atoms. The first-order chi connectivity index (χ1) is 13.6. The van der Waals surface area contributed by atoms with Gasteiger partial charge in [-0.3, -0.25) is 4.79 Å². The molecule has 3 nitrogen and oxygen atoms in total. The first kappa shape index (κ1) is 23.2. The molecule has 0 saturated heterocycles. The fraction of sp³-hybridized carbons (Fsp3) is 0.920. The van der Waals surface area contributed by atoms with E-state index >= 15 is 0 Å². The number of nitrogens with zero attached hydrogens (tertiary/aromatic N) is 1. The molecule has 0 heterocycles. The topological polar surface area (TPSA) is 50.1 Å². The molecule has 0 aromatic rings. The maximum atomic E-state index is 12.6. The van der Waals surface area contributed by atoms with E-state index in [2.05, 4.69) is 19.9 Å². The second-order valence-corrected chi connectivity index (χ2v) is 9.55. The van der Waals surface area contributed by atoms with Gasteiger partial charge in [-0.15, -0.1) is 0 Å². The van der Waals surface area contributed by atoms with Crippen LogP contribution in [0.3, 0.4) is 0 Å². The summed E-state index contributed by atoms with van der Waals surface area (Å²) in [5.74, 6) is 0.999. The van der Waals surface area contributed by atoms with Gasteiger partial charge in [0.05, 0.1) is 17.4 Å². The Morgan fingerprint density at radius 1 is 0.929 bits per heavy atom. The Bertz CT molecular complexity index is 479. The number of hydrogen-bond acceptors (Lipinski definition) is 3. The zero-order valence-electron chi connectivity index (χ0n) is 18.5. The summed E-state index contributed by atoms with van der Waals surface area (Å²) in [5, 5.41) is 9.61. The SMILES string of the molecule is CCCCCCC[C@H]1CC[C@H](C(=O)O[C@H]2CC[C@](C#N)(CCCC)CC2)CC1. The van der Waals surface area contributed by atoms with Crippen molar-refractivity contribution < 1.29 is 9.53 Å². The van der Waals surface area contributed by atoms with Crippen molar-refractivity contribution in [1.29, 1.82) is 5.26 Å². The van der Waals surface area contributed by atoms with Crippen molar-refractivity contribution in [3.05, 3.63) is 0 Å². The van der Waals surface area contributed by atoms with Gasteiger partial charge in [-0.2, -0.15) is 5.26 Å². The van der Waals surface area contributed by atoms with E-state index in [1.807, 2.05) is 0 Å². The van der Waals surface area contributed by atoms with Crippen LogP contribution in [0.25, 0.3) is 0 Å². The van der Waals surface area contributed by atoms with Gasteiger partial charge in [0.1, 0.15) is 6.10 Å². The Morgan fingerprint density at radius 2 is 1.57 bits per heavy atom. The molecule has 3 heteroatoms. The fourth-order valence-corrected chi connectivity index (χ4v) is 5.18. The van der Waals surface area contributed by atoms with Gasteiger partial charge in [-0.25, -0.2) is 0 Å². The zero-order chi connectivity index (χ0) is 20.2. The molecule has 0 bridgehead atoms. The van der Waals surface area contributed by atoms with Crippen molar-refractivity contribution in [3.8, 4) is 6.07 Å². The number of nitriles is 1. The van der Waals surface area contributed by atoms with Crippen LogP contribution in [0.4, 0.5) is 0 Å². The molecule has 0 radical (unpaired) electrons. The highest BCUT2D eigenvalue weighted by atomic mass is 16.5. The first-order valence-electron chi connectivity index (χ1n) is 12.2. The highest BCUT2D eigenvalue weighted by Crippen LogP contribution is 2.41. The van der Waals surface area contributed by atoms with Crippen molar-refractivity contribution in [2.75, 3.05) is 0 Å². The third-order valence-electron chi connectivity index (χ3n) is 7.31. The lowest BCUT2D eigenvalue weighted by molar-refractivity contribution is -0.158. The van der Waals surface area contributed by atoms with Crippen LogP contribution in [-0.2, 0) is 9.53 Å². The van der Waals surface area contributed by atoms with Crippen LogP contribution in [0, 0.1) is 28.6 Å². The molecule has 2 fully saturated rings. The van der Waals surface area contributed by atoms with E-state index in [0.717, 1.165) is 63.7 Å². The highest BCUT2D eigenvalue weighted by molar-refractivity contribution is 5.72. The molecule has 0 unspecified atom stereocenters. The summed E-state index contributed by atoms with van der Waals surface area (Å²) in [6, 6.07) is 2.58. The van der Waals surface area contributed by atoms with E-state index in [0.29, 0.717) is 0 Å². The Balaban J connectivity index is 1.63. The quantitative estimate of drug-likeness (QED) is 0.274. The lowest BCUT2D eigenvalue weighted by Crippen LogP contribution is -2.33. The molecule has 2 aliphatic carbocycles. The van der Waals surface area contributed by atoms with Crippen LogP contribution in [-0.4, -0.2) is 12.1 Å². The van der Waals surface area contributed by atoms with Crippen molar-refractivity contribution in [2.45, 2.75) is 129 Å². The predicted molar refractivity (Wildman–Crippen MR) is 115 cm³/mol. The fourth-order valence-electron chi connectivity index (χ4n) is 5.18. The number of ether oxygens (including phenoxy) is 1. The minimum atomic E-state index is -0.159. The molecule has 160 valence electrons. The average Bonchev–Trinajstić information content (AvgIpc) is 2.74. The Morgan fingerprint density at radius 3 is 2.18 bits per heavy atom. The average molecular weight is 390 g/mol. The predicted octanol–water partition coefficient (Wildman–Crippen LogP) is 7.34. The van der Waals surface area contributed by atoms with E-state index in [1.54, 1.807) is 0 Å². The van der Waals surface area contributed by atoms with E-state index in [1.165, 1.54) is 51.4 Å². The summed E-state index contributed by atoms with van der Waals surface area (Å²) in [4.78, 5) is 12.6. The summed E-state index contributed by atoms with van der Waals surface area (Å²) in [5.41, 5.74) is -0.159. The minimum absolute atomic E-state index is 0.0458. The van der Waals surface area contributed by atoms with Gasteiger partial charge in [0.25, 0.3) is 0 Å². The van der Waals surface area contributed by atoms with Crippen LogP contribution in [0.2, 0.25) is 0 Å². The zero-order valence-corrected chi connectivity index (χ0v) is 18.5. The van der Waals surface area contributed by atoms with Gasteiger partial charge in [-0.05, 0) is 63.7 Å². The molecular formula is C25H43NO2. The smallest absolute Gasteiger partial charge is 0.309 e. The van der Waals surface area contributed by atoms with Crippen molar-refractivity contribution in [2.24, 2.45) is 17.3 Å². The standard InChI is InChI=1S/C25H43NO2/c1-3-5-7-8-9-10-21-11-13-22(14-12-21)24(27)28-23-15-18-25(20-26,19-16-23)17-6-4-2/h21-23H,3-19H2,1-2H3/t21-,22-,23-,25+. The molecule has 0 atom stereocenters. The maximum absolute atomic E-state index is 12.6. The molecule has 2 rings (SSSR count). The van der Waals surface area contributed by atoms with Crippen molar-refractivity contribution in [3.63, 3.8) is 0 Å². The third kappa shape index (κ3) is 7.41. The summed E-state index contributed by atoms with van der Waals surface area (Å²) >= 11 is 0. The summed E-state index contributed by atoms with van der Waals surface area (Å²) in [7, 11) is 0. The Kier molecular flexibility index (Phi) is 10.4. The number of esters is 1. The van der Waals surface area contributed by atoms with E-state index < -0.39 is 0 Å². The molecule has 0 N–H and O–H groups in total. The van der Waals surface area contributed by atoms with E-state index in [-0.39, 0.29) is 23.4 Å².